The van der Waals surface area contributed by atoms with Gasteiger partial charge in [0.05, 0.1) is 11.2 Å². The molecule has 0 aliphatic heterocycles. The zero-order valence-electron chi connectivity index (χ0n) is 11.9. The van der Waals surface area contributed by atoms with Gasteiger partial charge in [-0.25, -0.2) is 0 Å². The van der Waals surface area contributed by atoms with Gasteiger partial charge in [0.2, 0.25) is 0 Å². The van der Waals surface area contributed by atoms with Crippen molar-refractivity contribution in [1.29, 1.82) is 0 Å². The molecule has 0 saturated heterocycles. The van der Waals surface area contributed by atoms with E-state index in [-0.39, 0.29) is 5.75 Å². The molecule has 0 saturated carbocycles. The van der Waals surface area contributed by atoms with Crippen molar-refractivity contribution in [3.63, 3.8) is 0 Å². The molecule has 3 aromatic rings. The molecule has 0 bridgehead atoms. The second-order valence-corrected chi connectivity index (χ2v) is 4.98. The molecule has 0 amide bonds. The molecule has 3 N–H and O–H groups in total. The van der Waals surface area contributed by atoms with Crippen molar-refractivity contribution in [3.05, 3.63) is 54.2 Å². The number of nitrogens with zero attached hydrogens (tertiary/aromatic N) is 1. The third-order valence-electron chi connectivity index (χ3n) is 3.53. The van der Waals surface area contributed by atoms with E-state index in [2.05, 4.69) is 17.6 Å². The van der Waals surface area contributed by atoms with Gasteiger partial charge in [0.1, 0.15) is 18.1 Å². The molecular weight excluding hydrogens is 264 g/mol. The summed E-state index contributed by atoms with van der Waals surface area (Å²) in [7, 11) is 0. The summed E-state index contributed by atoms with van der Waals surface area (Å²) in [6.45, 7) is 3.40. The van der Waals surface area contributed by atoms with Crippen LogP contribution in [0.5, 0.6) is 11.5 Å². The number of phenolic OH excluding ortho intramolecular Hbond substituents is 1. The summed E-state index contributed by atoms with van der Waals surface area (Å²) in [6, 6.07) is 14.8. The van der Waals surface area contributed by atoms with Crippen LogP contribution in [0.15, 0.2) is 48.5 Å². The number of aromatic hydroxyl groups is 1. The van der Waals surface area contributed by atoms with Crippen LogP contribution in [0, 0.1) is 0 Å². The van der Waals surface area contributed by atoms with Crippen LogP contribution >= 0.6 is 0 Å². The number of phenols is 1. The summed E-state index contributed by atoms with van der Waals surface area (Å²) in [5, 5.41) is 10.6. The van der Waals surface area contributed by atoms with Crippen molar-refractivity contribution in [2.45, 2.75) is 20.1 Å². The molecule has 1 heterocycles. The maximum atomic E-state index is 9.46. The van der Waals surface area contributed by atoms with Crippen LogP contribution < -0.4 is 10.5 Å². The van der Waals surface area contributed by atoms with Crippen LogP contribution in [0.4, 0.5) is 5.69 Å². The van der Waals surface area contributed by atoms with Crippen molar-refractivity contribution in [2.24, 2.45) is 0 Å². The second-order valence-electron chi connectivity index (χ2n) is 4.98. The Morgan fingerprint density at radius 3 is 2.76 bits per heavy atom. The highest BCUT2D eigenvalue weighted by Crippen LogP contribution is 2.24. The maximum Gasteiger partial charge on any atom is 0.128 e. The van der Waals surface area contributed by atoms with Crippen LogP contribution in [0.2, 0.25) is 0 Å². The molecule has 4 heteroatoms. The van der Waals surface area contributed by atoms with E-state index in [4.69, 9.17) is 10.5 Å². The molecule has 0 aliphatic carbocycles. The third kappa shape index (κ3) is 2.65. The first-order chi connectivity index (χ1) is 10.2. The van der Waals surface area contributed by atoms with Crippen molar-refractivity contribution >= 4 is 16.6 Å². The van der Waals surface area contributed by atoms with Crippen molar-refractivity contribution < 1.29 is 9.84 Å². The Kier molecular flexibility index (Phi) is 3.44. The topological polar surface area (TPSA) is 60.4 Å². The first kappa shape index (κ1) is 13.4. The summed E-state index contributed by atoms with van der Waals surface area (Å²) < 4.78 is 7.95. The minimum absolute atomic E-state index is 0.205. The number of anilines is 1. The number of fused-ring (bicyclic) bond motifs is 1. The van der Waals surface area contributed by atoms with Gasteiger partial charge in [-0.1, -0.05) is 12.1 Å². The largest absolute Gasteiger partial charge is 0.508 e. The molecule has 1 aromatic heterocycles. The molecule has 0 fully saturated rings. The van der Waals surface area contributed by atoms with Gasteiger partial charge in [-0.2, -0.15) is 0 Å². The minimum atomic E-state index is 0.205. The Labute approximate surface area is 123 Å². The average molecular weight is 282 g/mol. The molecule has 21 heavy (non-hydrogen) atoms. The fraction of sp³-hybridized carbons (Fsp3) is 0.176. The molecule has 0 radical (unpaired) electrons. The quantitative estimate of drug-likeness (QED) is 0.720. The number of ether oxygens (including phenoxy) is 1. The van der Waals surface area contributed by atoms with E-state index in [9.17, 15) is 5.11 Å². The Morgan fingerprint density at radius 2 is 2.00 bits per heavy atom. The predicted octanol–water partition coefficient (Wildman–Crippen LogP) is 3.53. The molecule has 4 nitrogen and oxygen atoms in total. The van der Waals surface area contributed by atoms with Gasteiger partial charge in [0.15, 0.2) is 0 Å². The Morgan fingerprint density at radius 1 is 1.14 bits per heavy atom. The summed E-state index contributed by atoms with van der Waals surface area (Å²) in [5.74, 6) is 0.860. The highest BCUT2D eigenvalue weighted by Gasteiger charge is 2.08. The predicted molar refractivity (Wildman–Crippen MR) is 84.5 cm³/mol. The van der Waals surface area contributed by atoms with Gasteiger partial charge in [-0.05, 0) is 37.3 Å². The van der Waals surface area contributed by atoms with E-state index < -0.39 is 0 Å². The van der Waals surface area contributed by atoms with Crippen molar-refractivity contribution in [3.8, 4) is 11.5 Å². The maximum absolute atomic E-state index is 9.46. The van der Waals surface area contributed by atoms with Gasteiger partial charge in [0.25, 0.3) is 0 Å². The van der Waals surface area contributed by atoms with Gasteiger partial charge in [0, 0.05) is 23.7 Å². The smallest absolute Gasteiger partial charge is 0.128 e. The zero-order valence-corrected chi connectivity index (χ0v) is 11.9. The molecule has 3 rings (SSSR count). The lowest BCUT2D eigenvalue weighted by atomic mass is 10.2. The van der Waals surface area contributed by atoms with E-state index in [0.29, 0.717) is 12.4 Å². The summed E-state index contributed by atoms with van der Waals surface area (Å²) in [6.07, 6.45) is 0. The summed E-state index contributed by atoms with van der Waals surface area (Å²) >= 11 is 0. The van der Waals surface area contributed by atoms with Crippen LogP contribution in [-0.2, 0) is 13.2 Å². The average Bonchev–Trinajstić information content (AvgIpc) is 2.82. The highest BCUT2D eigenvalue weighted by atomic mass is 16.5. The number of hydrogen-bond acceptors (Lipinski definition) is 3. The standard InChI is InChI=1S/C17H18N2O2/c1-2-19-14(8-12-6-7-13(18)9-17(12)19)11-21-16-5-3-4-15(20)10-16/h3-10,20H,2,11,18H2,1H3. The normalized spacial score (nSPS) is 10.9. The molecular formula is C17H18N2O2. The number of hydrogen-bond donors (Lipinski definition) is 2. The Hall–Kier alpha value is -2.62. The summed E-state index contributed by atoms with van der Waals surface area (Å²) in [4.78, 5) is 0. The van der Waals surface area contributed by atoms with E-state index in [1.54, 1.807) is 18.2 Å². The van der Waals surface area contributed by atoms with E-state index in [1.807, 2.05) is 24.3 Å². The second kappa shape index (κ2) is 5.40. The van der Waals surface area contributed by atoms with Crippen molar-refractivity contribution in [2.75, 3.05) is 5.73 Å². The van der Waals surface area contributed by atoms with Crippen molar-refractivity contribution in [1.82, 2.24) is 4.57 Å². The lowest BCUT2D eigenvalue weighted by molar-refractivity contribution is 0.294. The van der Waals surface area contributed by atoms with Crippen LogP contribution in [0.25, 0.3) is 10.9 Å². The fourth-order valence-electron chi connectivity index (χ4n) is 2.55. The van der Waals surface area contributed by atoms with Crippen LogP contribution in [0.1, 0.15) is 12.6 Å². The number of nitrogen functional groups attached to an aromatic ring is 1. The van der Waals surface area contributed by atoms with Gasteiger partial charge >= 0.3 is 0 Å². The lowest BCUT2D eigenvalue weighted by Gasteiger charge is -2.10. The first-order valence-electron chi connectivity index (χ1n) is 6.97. The van der Waals surface area contributed by atoms with E-state index in [0.717, 1.165) is 28.8 Å². The molecule has 0 aliphatic rings. The fourth-order valence-corrected chi connectivity index (χ4v) is 2.55. The number of benzene rings is 2. The summed E-state index contributed by atoms with van der Waals surface area (Å²) in [5.41, 5.74) is 8.83. The molecule has 108 valence electrons. The molecule has 0 unspecified atom stereocenters. The van der Waals surface area contributed by atoms with Gasteiger partial charge in [-0.15, -0.1) is 0 Å². The zero-order chi connectivity index (χ0) is 14.8. The highest BCUT2D eigenvalue weighted by molar-refractivity contribution is 5.84. The SMILES string of the molecule is CCn1c(COc2cccc(O)c2)cc2ccc(N)cc21. The molecule has 0 spiro atoms. The molecule has 0 atom stereocenters. The third-order valence-corrected chi connectivity index (χ3v) is 3.53. The van der Waals surface area contributed by atoms with Gasteiger partial charge < -0.3 is 20.1 Å². The minimum Gasteiger partial charge on any atom is -0.508 e. The molecule has 2 aromatic carbocycles. The number of aryl methyl sites for hydroxylation is 1. The Bertz CT molecular complexity index is 778. The monoisotopic (exact) mass is 282 g/mol. The lowest BCUT2D eigenvalue weighted by Crippen LogP contribution is -2.04. The van der Waals surface area contributed by atoms with E-state index >= 15 is 0 Å². The van der Waals surface area contributed by atoms with Gasteiger partial charge in [-0.3, -0.25) is 0 Å². The number of rotatable bonds is 4. The number of aromatic nitrogens is 1. The van der Waals surface area contributed by atoms with E-state index in [1.165, 1.54) is 0 Å². The Balaban J connectivity index is 1.90. The first-order valence-corrected chi connectivity index (χ1v) is 6.97. The number of nitrogens with two attached hydrogens (primary N) is 1. The van der Waals surface area contributed by atoms with Crippen LogP contribution in [0.3, 0.4) is 0 Å². The van der Waals surface area contributed by atoms with Crippen LogP contribution in [-0.4, -0.2) is 9.67 Å².